The van der Waals surface area contributed by atoms with Crippen LogP contribution in [-0.4, -0.2) is 29.8 Å². The molecule has 0 saturated carbocycles. The fourth-order valence-electron chi connectivity index (χ4n) is 1.36. The van der Waals surface area contributed by atoms with E-state index in [0.29, 0.717) is 11.9 Å². The van der Waals surface area contributed by atoms with Crippen molar-refractivity contribution in [2.45, 2.75) is 26.3 Å². The smallest absolute Gasteiger partial charge is 0.213 e. The molecule has 1 aromatic rings. The van der Waals surface area contributed by atoms with Crippen LogP contribution in [0.25, 0.3) is 0 Å². The third-order valence-corrected chi connectivity index (χ3v) is 2.30. The van der Waals surface area contributed by atoms with Gasteiger partial charge in [-0.05, 0) is 25.5 Å². The Morgan fingerprint density at radius 1 is 1.50 bits per heavy atom. The Balaban J connectivity index is 2.49. The van der Waals surface area contributed by atoms with Gasteiger partial charge in [0.15, 0.2) is 0 Å². The highest BCUT2D eigenvalue weighted by molar-refractivity contribution is 5.20. The molecule has 4 heteroatoms. The van der Waals surface area contributed by atoms with Gasteiger partial charge in [-0.2, -0.15) is 0 Å². The zero-order chi connectivity index (χ0) is 11.8. The first kappa shape index (κ1) is 12.9. The largest absolute Gasteiger partial charge is 0.475 e. The quantitative estimate of drug-likeness (QED) is 0.737. The number of pyridine rings is 1. The van der Waals surface area contributed by atoms with E-state index in [0.717, 1.165) is 18.5 Å². The predicted octanol–water partition coefficient (Wildman–Crippen LogP) is 1.51. The summed E-state index contributed by atoms with van der Waals surface area (Å²) in [5.74, 6) is 0.556. The maximum atomic E-state index is 8.60. The van der Waals surface area contributed by atoms with Gasteiger partial charge in [0.25, 0.3) is 0 Å². The van der Waals surface area contributed by atoms with Crippen LogP contribution >= 0.6 is 0 Å². The minimum absolute atomic E-state index is 0.0118. The molecule has 16 heavy (non-hydrogen) atoms. The Morgan fingerprint density at radius 3 is 2.88 bits per heavy atom. The molecule has 0 aromatic carbocycles. The van der Waals surface area contributed by atoms with E-state index in [1.807, 2.05) is 12.1 Å². The van der Waals surface area contributed by atoms with Crippen LogP contribution in [0, 0.1) is 0 Å². The van der Waals surface area contributed by atoms with Crippen molar-refractivity contribution >= 4 is 0 Å². The normalized spacial score (nSPS) is 12.4. The second-order valence-corrected chi connectivity index (χ2v) is 3.68. The van der Waals surface area contributed by atoms with Crippen molar-refractivity contribution < 1.29 is 9.84 Å². The summed E-state index contributed by atoms with van der Waals surface area (Å²) in [7, 11) is 0. The first-order valence-electron chi connectivity index (χ1n) is 5.71. The molecule has 2 N–H and O–H groups in total. The highest BCUT2D eigenvalue weighted by Gasteiger charge is 2.04. The number of aromatic nitrogens is 1. The lowest BCUT2D eigenvalue weighted by Gasteiger charge is -2.13. The van der Waals surface area contributed by atoms with Crippen LogP contribution in [-0.2, 0) is 0 Å². The number of aliphatic hydroxyl groups excluding tert-OH is 1. The van der Waals surface area contributed by atoms with E-state index in [9.17, 15) is 0 Å². The van der Waals surface area contributed by atoms with E-state index >= 15 is 0 Å². The zero-order valence-corrected chi connectivity index (χ0v) is 9.94. The van der Waals surface area contributed by atoms with E-state index in [1.54, 1.807) is 6.20 Å². The minimum atomic E-state index is 0.0118. The van der Waals surface area contributed by atoms with E-state index in [4.69, 9.17) is 9.84 Å². The molecule has 0 aliphatic heterocycles. The van der Waals surface area contributed by atoms with Crippen LogP contribution < -0.4 is 10.1 Å². The molecule has 0 saturated heterocycles. The first-order chi connectivity index (χ1) is 7.77. The van der Waals surface area contributed by atoms with E-state index in [-0.39, 0.29) is 13.2 Å². The van der Waals surface area contributed by atoms with Crippen LogP contribution in [0.5, 0.6) is 5.88 Å². The number of aliphatic hydroxyl groups is 1. The highest BCUT2D eigenvalue weighted by atomic mass is 16.5. The topological polar surface area (TPSA) is 54.4 Å². The number of nitrogens with zero attached hydrogens (tertiary/aromatic N) is 1. The zero-order valence-electron chi connectivity index (χ0n) is 9.94. The van der Waals surface area contributed by atoms with Gasteiger partial charge in [-0.3, -0.25) is 0 Å². The fourth-order valence-corrected chi connectivity index (χ4v) is 1.36. The van der Waals surface area contributed by atoms with Gasteiger partial charge in [0, 0.05) is 18.3 Å². The van der Waals surface area contributed by atoms with Gasteiger partial charge in [0.1, 0.15) is 6.61 Å². The van der Waals surface area contributed by atoms with E-state index < -0.39 is 0 Å². The second kappa shape index (κ2) is 7.19. The molecule has 0 radical (unpaired) electrons. The number of rotatable bonds is 7. The van der Waals surface area contributed by atoms with Gasteiger partial charge in [-0.1, -0.05) is 13.0 Å². The van der Waals surface area contributed by atoms with Crippen molar-refractivity contribution in [2.24, 2.45) is 0 Å². The molecular formula is C12H20N2O2. The van der Waals surface area contributed by atoms with Gasteiger partial charge < -0.3 is 15.2 Å². The molecule has 90 valence electrons. The van der Waals surface area contributed by atoms with Crippen molar-refractivity contribution in [3.05, 3.63) is 23.9 Å². The molecule has 0 aliphatic carbocycles. The van der Waals surface area contributed by atoms with Crippen molar-refractivity contribution in [1.82, 2.24) is 10.3 Å². The van der Waals surface area contributed by atoms with Gasteiger partial charge in [-0.15, -0.1) is 0 Å². The Bertz CT molecular complexity index is 288. The lowest BCUT2D eigenvalue weighted by Crippen LogP contribution is -2.19. The molecule has 1 unspecified atom stereocenters. The van der Waals surface area contributed by atoms with E-state index in [2.05, 4.69) is 24.1 Å². The van der Waals surface area contributed by atoms with Crippen LogP contribution in [0.15, 0.2) is 18.3 Å². The molecule has 1 aromatic heterocycles. The van der Waals surface area contributed by atoms with Crippen molar-refractivity contribution in [3.63, 3.8) is 0 Å². The fraction of sp³-hybridized carbons (Fsp3) is 0.583. The standard InChI is InChI=1S/C12H20N2O2/c1-3-6-13-10(2)11-4-5-12(14-9-11)16-8-7-15/h4-5,9-10,13,15H,3,6-8H2,1-2H3. The van der Waals surface area contributed by atoms with Gasteiger partial charge >= 0.3 is 0 Å². The average Bonchev–Trinajstić information content (AvgIpc) is 2.34. The van der Waals surface area contributed by atoms with Crippen LogP contribution in [0.2, 0.25) is 0 Å². The monoisotopic (exact) mass is 224 g/mol. The maximum Gasteiger partial charge on any atom is 0.213 e. The third kappa shape index (κ3) is 4.16. The lowest BCUT2D eigenvalue weighted by atomic mass is 10.1. The summed E-state index contributed by atoms with van der Waals surface area (Å²) >= 11 is 0. The maximum absolute atomic E-state index is 8.60. The molecule has 0 spiro atoms. The SMILES string of the molecule is CCCNC(C)c1ccc(OCCO)nc1. The number of hydrogen-bond donors (Lipinski definition) is 2. The summed E-state index contributed by atoms with van der Waals surface area (Å²) in [5.41, 5.74) is 1.14. The predicted molar refractivity (Wildman–Crippen MR) is 63.5 cm³/mol. The molecule has 1 rings (SSSR count). The third-order valence-electron chi connectivity index (χ3n) is 2.30. The van der Waals surface area contributed by atoms with Crippen LogP contribution in [0.1, 0.15) is 31.9 Å². The Kier molecular flexibility index (Phi) is 5.82. The first-order valence-corrected chi connectivity index (χ1v) is 5.71. The summed E-state index contributed by atoms with van der Waals surface area (Å²) in [6.07, 6.45) is 2.93. The molecule has 1 heterocycles. The number of hydrogen-bond acceptors (Lipinski definition) is 4. The minimum Gasteiger partial charge on any atom is -0.475 e. The molecule has 1 atom stereocenters. The summed E-state index contributed by atoms with van der Waals surface area (Å²) in [6, 6.07) is 4.13. The number of ether oxygens (including phenoxy) is 1. The lowest BCUT2D eigenvalue weighted by molar-refractivity contribution is 0.196. The molecule has 4 nitrogen and oxygen atoms in total. The van der Waals surface area contributed by atoms with Crippen molar-refractivity contribution in [1.29, 1.82) is 0 Å². The summed E-state index contributed by atoms with van der Waals surface area (Å²) < 4.78 is 5.19. The molecule has 0 aliphatic rings. The number of nitrogens with one attached hydrogen (secondary N) is 1. The van der Waals surface area contributed by atoms with Crippen LogP contribution in [0.3, 0.4) is 0 Å². The van der Waals surface area contributed by atoms with Gasteiger partial charge in [-0.25, -0.2) is 4.98 Å². The summed E-state index contributed by atoms with van der Waals surface area (Å²) in [4.78, 5) is 4.17. The van der Waals surface area contributed by atoms with Gasteiger partial charge in [0.05, 0.1) is 6.61 Å². The molecular weight excluding hydrogens is 204 g/mol. The van der Waals surface area contributed by atoms with Crippen LogP contribution in [0.4, 0.5) is 0 Å². The van der Waals surface area contributed by atoms with Crippen molar-refractivity contribution in [2.75, 3.05) is 19.8 Å². The second-order valence-electron chi connectivity index (χ2n) is 3.68. The average molecular weight is 224 g/mol. The Morgan fingerprint density at radius 2 is 2.31 bits per heavy atom. The molecule has 0 fully saturated rings. The summed E-state index contributed by atoms with van der Waals surface area (Å²) in [6.45, 7) is 5.56. The van der Waals surface area contributed by atoms with E-state index in [1.165, 1.54) is 0 Å². The van der Waals surface area contributed by atoms with Gasteiger partial charge in [0.2, 0.25) is 5.88 Å². The molecule has 0 bridgehead atoms. The van der Waals surface area contributed by atoms with Crippen molar-refractivity contribution in [3.8, 4) is 5.88 Å². The Labute approximate surface area is 96.7 Å². The highest BCUT2D eigenvalue weighted by Crippen LogP contribution is 2.14. The molecule has 0 amide bonds. The Hall–Kier alpha value is -1.13. The summed E-state index contributed by atoms with van der Waals surface area (Å²) in [5, 5.41) is 12.0.